The van der Waals surface area contributed by atoms with Crippen molar-refractivity contribution >= 4 is 16.7 Å². The molecular formula is C19H19N3O2. The average molecular weight is 321 g/mol. The highest BCUT2D eigenvalue weighted by atomic mass is 16.5. The number of hydrogen-bond acceptors (Lipinski definition) is 4. The Bertz CT molecular complexity index is 889. The van der Waals surface area contributed by atoms with E-state index < -0.39 is 0 Å². The average Bonchev–Trinajstić information content (AvgIpc) is 2.59. The zero-order valence-corrected chi connectivity index (χ0v) is 13.7. The molecule has 0 fully saturated rings. The number of rotatable bonds is 5. The molecule has 0 bridgehead atoms. The second-order valence-electron chi connectivity index (χ2n) is 5.50. The minimum Gasteiger partial charge on any atom is -0.494 e. The highest BCUT2D eigenvalue weighted by molar-refractivity contribution is 5.98. The van der Waals surface area contributed by atoms with Gasteiger partial charge in [0.1, 0.15) is 29.5 Å². The second kappa shape index (κ2) is 6.58. The van der Waals surface area contributed by atoms with Gasteiger partial charge in [-0.2, -0.15) is 0 Å². The van der Waals surface area contributed by atoms with Crippen LogP contribution in [0.3, 0.4) is 0 Å². The maximum absolute atomic E-state index is 7.20. The van der Waals surface area contributed by atoms with Crippen molar-refractivity contribution in [2.75, 3.05) is 13.7 Å². The summed E-state index contributed by atoms with van der Waals surface area (Å²) in [4.78, 5) is 4.61. The zero-order chi connectivity index (χ0) is 17.1. The van der Waals surface area contributed by atoms with Gasteiger partial charge in [-0.15, -0.1) is 0 Å². The van der Waals surface area contributed by atoms with Crippen molar-refractivity contribution in [2.45, 2.75) is 6.92 Å². The molecular weight excluding hydrogens is 302 g/mol. The van der Waals surface area contributed by atoms with Gasteiger partial charge in [0.05, 0.1) is 7.11 Å². The van der Waals surface area contributed by atoms with Gasteiger partial charge in [-0.05, 0) is 48.4 Å². The summed E-state index contributed by atoms with van der Waals surface area (Å²) < 4.78 is 10.8. The summed E-state index contributed by atoms with van der Waals surface area (Å²) in [5, 5.41) is 8.24. The highest BCUT2D eigenvalue weighted by Crippen LogP contribution is 2.34. The predicted octanol–water partition coefficient (Wildman–Crippen LogP) is 3.53. The molecule has 0 spiro atoms. The summed E-state index contributed by atoms with van der Waals surface area (Å²) in [6, 6.07) is 15.7. The third-order valence-corrected chi connectivity index (χ3v) is 3.74. The number of fused-ring (bicyclic) bond motifs is 1. The van der Waals surface area contributed by atoms with Crippen molar-refractivity contribution in [3.8, 4) is 22.6 Å². The van der Waals surface area contributed by atoms with Crippen LogP contribution >= 0.6 is 0 Å². The summed E-state index contributed by atoms with van der Waals surface area (Å²) in [7, 11) is 1.65. The van der Waals surface area contributed by atoms with Gasteiger partial charge in [0.15, 0.2) is 0 Å². The lowest BCUT2D eigenvalue weighted by molar-refractivity contribution is 0.374. The van der Waals surface area contributed by atoms with Gasteiger partial charge in [-0.1, -0.05) is 18.2 Å². The molecule has 0 amide bonds. The Morgan fingerprint density at radius 2 is 1.83 bits per heavy atom. The van der Waals surface area contributed by atoms with Crippen LogP contribution in [0.4, 0.5) is 0 Å². The van der Waals surface area contributed by atoms with Crippen LogP contribution in [-0.4, -0.2) is 24.5 Å². The molecule has 3 rings (SSSR count). The lowest BCUT2D eigenvalue weighted by Crippen LogP contribution is -2.19. The molecule has 0 unspecified atom stereocenters. The number of ether oxygens (including phenoxy) is 2. The van der Waals surface area contributed by atoms with Crippen molar-refractivity contribution in [3.63, 3.8) is 0 Å². The molecule has 1 heterocycles. The first kappa shape index (κ1) is 15.8. The van der Waals surface area contributed by atoms with Crippen molar-refractivity contribution in [2.24, 2.45) is 5.73 Å². The van der Waals surface area contributed by atoms with E-state index in [1.807, 2.05) is 49.4 Å². The summed E-state index contributed by atoms with van der Waals surface area (Å²) in [6.07, 6.45) is 0. The van der Waals surface area contributed by atoms with E-state index in [4.69, 9.17) is 20.6 Å². The van der Waals surface area contributed by atoms with E-state index in [0.717, 1.165) is 33.5 Å². The van der Waals surface area contributed by atoms with Gasteiger partial charge in [-0.3, -0.25) is 5.41 Å². The summed E-state index contributed by atoms with van der Waals surface area (Å²) in [5.41, 5.74) is 9.24. The lowest BCUT2D eigenvalue weighted by Gasteiger charge is -2.11. The molecule has 24 heavy (non-hydrogen) atoms. The molecule has 5 nitrogen and oxygen atoms in total. The number of aromatic nitrogens is 1. The van der Waals surface area contributed by atoms with E-state index in [1.54, 1.807) is 7.11 Å². The molecule has 3 N–H and O–H groups in total. The minimum atomic E-state index is 0.00155. The Morgan fingerprint density at radius 3 is 2.50 bits per heavy atom. The standard InChI is InChI=1S/C19H19N3O2/c1-12-3-8-16-15(9-10-17(23-2)19(16)22-12)13-4-6-14(7-5-13)24-11-18(20)21/h3-10H,11H2,1-2H3,(H3,20,21). The van der Waals surface area contributed by atoms with E-state index in [2.05, 4.69) is 11.1 Å². The Labute approximate surface area is 140 Å². The van der Waals surface area contributed by atoms with Gasteiger partial charge < -0.3 is 15.2 Å². The van der Waals surface area contributed by atoms with Crippen LogP contribution in [0.25, 0.3) is 22.0 Å². The van der Waals surface area contributed by atoms with Gasteiger partial charge in [-0.25, -0.2) is 4.98 Å². The number of nitrogens with two attached hydrogens (primary N) is 1. The Hall–Kier alpha value is -3.08. The van der Waals surface area contributed by atoms with Crippen molar-refractivity contribution in [1.82, 2.24) is 4.98 Å². The molecule has 0 radical (unpaired) electrons. The fraction of sp³-hybridized carbons (Fsp3) is 0.158. The van der Waals surface area contributed by atoms with E-state index in [9.17, 15) is 0 Å². The molecule has 5 heteroatoms. The highest BCUT2D eigenvalue weighted by Gasteiger charge is 2.10. The van der Waals surface area contributed by atoms with Crippen LogP contribution in [0.5, 0.6) is 11.5 Å². The molecule has 0 atom stereocenters. The zero-order valence-electron chi connectivity index (χ0n) is 13.7. The molecule has 2 aromatic carbocycles. The van der Waals surface area contributed by atoms with Crippen LogP contribution in [0, 0.1) is 12.3 Å². The van der Waals surface area contributed by atoms with Crippen molar-refractivity contribution in [1.29, 1.82) is 5.41 Å². The molecule has 0 aliphatic heterocycles. The summed E-state index contributed by atoms with van der Waals surface area (Å²) in [6.45, 7) is 2.06. The number of amidine groups is 1. The van der Waals surface area contributed by atoms with E-state index in [1.165, 1.54) is 0 Å². The van der Waals surface area contributed by atoms with E-state index in [-0.39, 0.29) is 12.4 Å². The summed E-state index contributed by atoms with van der Waals surface area (Å²) in [5.74, 6) is 1.45. The van der Waals surface area contributed by atoms with Gasteiger partial charge in [0.25, 0.3) is 0 Å². The molecule has 1 aromatic heterocycles. The topological polar surface area (TPSA) is 81.2 Å². The second-order valence-corrected chi connectivity index (χ2v) is 5.50. The summed E-state index contributed by atoms with van der Waals surface area (Å²) >= 11 is 0. The lowest BCUT2D eigenvalue weighted by atomic mass is 10.00. The number of aryl methyl sites for hydroxylation is 1. The molecule has 0 saturated carbocycles. The number of pyridine rings is 1. The maximum atomic E-state index is 7.20. The predicted molar refractivity (Wildman–Crippen MR) is 95.9 cm³/mol. The van der Waals surface area contributed by atoms with Gasteiger partial charge in [0.2, 0.25) is 0 Å². The number of nitrogens with one attached hydrogen (secondary N) is 1. The Kier molecular flexibility index (Phi) is 4.33. The quantitative estimate of drug-likeness (QED) is 0.556. The van der Waals surface area contributed by atoms with E-state index in [0.29, 0.717) is 5.75 Å². The molecule has 0 aliphatic carbocycles. The van der Waals surface area contributed by atoms with Crippen molar-refractivity contribution < 1.29 is 9.47 Å². The number of hydrogen-bond donors (Lipinski definition) is 2. The maximum Gasteiger partial charge on any atom is 0.145 e. The van der Waals surface area contributed by atoms with Crippen LogP contribution in [0.2, 0.25) is 0 Å². The first-order valence-corrected chi connectivity index (χ1v) is 7.59. The third-order valence-electron chi connectivity index (χ3n) is 3.74. The molecule has 0 saturated heterocycles. The first-order chi connectivity index (χ1) is 11.6. The van der Waals surface area contributed by atoms with Crippen molar-refractivity contribution in [3.05, 3.63) is 54.2 Å². The Morgan fingerprint density at radius 1 is 1.08 bits per heavy atom. The SMILES string of the molecule is COc1ccc(-c2ccc(OCC(=N)N)cc2)c2ccc(C)nc12. The van der Waals surface area contributed by atoms with E-state index >= 15 is 0 Å². The normalized spacial score (nSPS) is 10.6. The number of methoxy groups -OCH3 is 1. The van der Waals surface area contributed by atoms with Crippen LogP contribution in [-0.2, 0) is 0 Å². The third kappa shape index (κ3) is 3.15. The molecule has 0 aliphatic rings. The van der Waals surface area contributed by atoms with Gasteiger partial charge in [0, 0.05) is 11.1 Å². The monoisotopic (exact) mass is 321 g/mol. The fourth-order valence-electron chi connectivity index (χ4n) is 2.60. The molecule has 3 aromatic rings. The minimum absolute atomic E-state index is 0.00155. The first-order valence-electron chi connectivity index (χ1n) is 7.59. The van der Waals surface area contributed by atoms with Crippen LogP contribution in [0.1, 0.15) is 5.69 Å². The number of benzene rings is 2. The van der Waals surface area contributed by atoms with Gasteiger partial charge >= 0.3 is 0 Å². The largest absolute Gasteiger partial charge is 0.494 e. The Balaban J connectivity index is 2.02. The molecule has 122 valence electrons. The van der Waals surface area contributed by atoms with Crippen LogP contribution in [0.15, 0.2) is 48.5 Å². The smallest absolute Gasteiger partial charge is 0.145 e. The number of nitrogens with zero attached hydrogens (tertiary/aromatic N) is 1. The van der Waals surface area contributed by atoms with Crippen LogP contribution < -0.4 is 15.2 Å². The fourth-order valence-corrected chi connectivity index (χ4v) is 2.60.